The molecule has 7 heteroatoms. The topological polar surface area (TPSA) is 60.0 Å². The molecular weight excluding hydrogens is 469 g/mol. The Hall–Kier alpha value is -2.80. The van der Waals surface area contributed by atoms with E-state index < -0.39 is 0 Å². The zero-order valence-corrected chi connectivity index (χ0v) is 21.0. The molecule has 0 aliphatic heterocycles. The van der Waals surface area contributed by atoms with Crippen LogP contribution >= 0.6 is 11.6 Å². The second-order valence-electron chi connectivity index (χ2n) is 8.63. The Bertz CT molecular complexity index is 1190. The molecule has 5 nitrogen and oxygen atoms in total. The van der Waals surface area contributed by atoms with Gasteiger partial charge in [-0.1, -0.05) is 41.9 Å². The number of hydrogen-bond acceptors (Lipinski definition) is 5. The normalized spacial score (nSPS) is 15.5. The average Bonchev–Trinajstić information content (AvgIpc) is 3.28. The van der Waals surface area contributed by atoms with Crippen molar-refractivity contribution in [3.63, 3.8) is 0 Å². The third-order valence-electron chi connectivity index (χ3n) is 6.29. The number of fused-ring (bicyclic) bond motifs is 1. The van der Waals surface area contributed by atoms with Crippen LogP contribution in [0.15, 0.2) is 48.5 Å². The van der Waals surface area contributed by atoms with Crippen LogP contribution in [-0.2, 0) is 13.0 Å². The second kappa shape index (κ2) is 11.3. The van der Waals surface area contributed by atoms with Crippen molar-refractivity contribution in [1.29, 1.82) is 0 Å². The van der Waals surface area contributed by atoms with Crippen LogP contribution in [0.5, 0.6) is 17.2 Å². The van der Waals surface area contributed by atoms with Gasteiger partial charge in [0.2, 0.25) is 0 Å². The summed E-state index contributed by atoms with van der Waals surface area (Å²) in [5, 5.41) is 13.0. The molecule has 1 aliphatic carbocycles. The molecule has 186 valence electrons. The van der Waals surface area contributed by atoms with Crippen molar-refractivity contribution in [1.82, 2.24) is 5.32 Å². The minimum Gasteiger partial charge on any atom is -0.494 e. The molecule has 0 bridgehead atoms. The van der Waals surface area contributed by atoms with E-state index in [0.717, 1.165) is 35.1 Å². The van der Waals surface area contributed by atoms with Gasteiger partial charge in [0, 0.05) is 29.8 Å². The van der Waals surface area contributed by atoms with Crippen LogP contribution in [0.4, 0.5) is 4.39 Å². The van der Waals surface area contributed by atoms with Gasteiger partial charge >= 0.3 is 0 Å². The van der Waals surface area contributed by atoms with Crippen molar-refractivity contribution in [2.45, 2.75) is 45.4 Å². The molecule has 0 fully saturated rings. The highest BCUT2D eigenvalue weighted by atomic mass is 35.5. The number of aliphatic hydroxyl groups is 1. The van der Waals surface area contributed by atoms with Crippen molar-refractivity contribution >= 4 is 11.6 Å². The first-order valence-electron chi connectivity index (χ1n) is 11.9. The number of methoxy groups -OCH3 is 1. The highest BCUT2D eigenvalue weighted by Gasteiger charge is 2.28. The molecule has 4 rings (SSSR count). The first-order valence-corrected chi connectivity index (χ1v) is 12.2. The Balaban J connectivity index is 1.62. The standard InChI is InChI=1S/C28H31ClFNO4/c1-4-34-26-14-27(23(29)13-18(26)15-31-17(2)16-32)35-24-12-11-20-19(7-5-8-21(20)24)22-9-6-10-25(33-3)28(22)30/h5-10,13-14,17,24,31-32H,4,11-12,15-16H2,1-3H3/t17-,24+/m1/s1. The maximum atomic E-state index is 15.0. The van der Waals surface area contributed by atoms with Gasteiger partial charge in [-0.25, -0.2) is 4.39 Å². The number of halogens is 2. The van der Waals surface area contributed by atoms with Crippen LogP contribution in [0.25, 0.3) is 11.1 Å². The van der Waals surface area contributed by atoms with Gasteiger partial charge in [0.15, 0.2) is 11.6 Å². The lowest BCUT2D eigenvalue weighted by Crippen LogP contribution is -2.28. The van der Waals surface area contributed by atoms with Gasteiger partial charge in [-0.3, -0.25) is 0 Å². The fourth-order valence-corrected chi connectivity index (χ4v) is 4.69. The first kappa shape index (κ1) is 25.3. The maximum absolute atomic E-state index is 15.0. The number of nitrogens with one attached hydrogen (secondary N) is 1. The molecule has 0 radical (unpaired) electrons. The molecule has 0 saturated heterocycles. The van der Waals surface area contributed by atoms with Crippen LogP contribution in [0, 0.1) is 5.82 Å². The van der Waals surface area contributed by atoms with Gasteiger partial charge in [0.1, 0.15) is 17.6 Å². The van der Waals surface area contributed by atoms with Gasteiger partial charge in [-0.05, 0) is 55.5 Å². The molecule has 0 aromatic heterocycles. The van der Waals surface area contributed by atoms with E-state index in [9.17, 15) is 5.11 Å². The predicted molar refractivity (Wildman–Crippen MR) is 136 cm³/mol. The summed E-state index contributed by atoms with van der Waals surface area (Å²) in [5.74, 6) is 1.10. The molecule has 0 spiro atoms. The first-order chi connectivity index (χ1) is 17.0. The summed E-state index contributed by atoms with van der Waals surface area (Å²) in [6.45, 7) is 4.89. The maximum Gasteiger partial charge on any atom is 0.172 e. The van der Waals surface area contributed by atoms with E-state index in [1.165, 1.54) is 7.11 Å². The molecule has 2 atom stereocenters. The largest absolute Gasteiger partial charge is 0.494 e. The number of ether oxygens (including phenoxy) is 3. The predicted octanol–water partition coefficient (Wildman–Crippen LogP) is 6.09. The van der Waals surface area contributed by atoms with E-state index >= 15 is 4.39 Å². The summed E-state index contributed by atoms with van der Waals surface area (Å²) in [6.07, 6.45) is 1.32. The fourth-order valence-electron chi connectivity index (χ4n) is 4.46. The van der Waals surface area contributed by atoms with Crippen LogP contribution in [0.3, 0.4) is 0 Å². The minimum absolute atomic E-state index is 0.0433. The van der Waals surface area contributed by atoms with E-state index in [2.05, 4.69) is 5.32 Å². The van der Waals surface area contributed by atoms with Gasteiger partial charge < -0.3 is 24.6 Å². The van der Waals surface area contributed by atoms with Crippen LogP contribution < -0.4 is 19.5 Å². The summed E-state index contributed by atoms with van der Waals surface area (Å²) in [7, 11) is 1.47. The molecule has 0 amide bonds. The van der Waals surface area contributed by atoms with E-state index in [1.54, 1.807) is 18.2 Å². The molecule has 2 N–H and O–H groups in total. The van der Waals surface area contributed by atoms with Crippen molar-refractivity contribution in [2.24, 2.45) is 0 Å². The molecule has 1 aliphatic rings. The molecule has 3 aromatic carbocycles. The van der Waals surface area contributed by atoms with Crippen molar-refractivity contribution in [2.75, 3.05) is 20.3 Å². The van der Waals surface area contributed by atoms with Gasteiger partial charge in [-0.2, -0.15) is 0 Å². The molecule has 0 heterocycles. The molecule has 35 heavy (non-hydrogen) atoms. The Kier molecular flexibility index (Phi) is 8.16. The second-order valence-corrected chi connectivity index (χ2v) is 9.04. The van der Waals surface area contributed by atoms with Crippen LogP contribution in [0.1, 0.15) is 43.1 Å². The molecule has 0 unspecified atom stereocenters. The Labute approximate surface area is 210 Å². The average molecular weight is 500 g/mol. The fraction of sp³-hybridized carbons (Fsp3) is 0.357. The molecule has 3 aromatic rings. The lowest BCUT2D eigenvalue weighted by atomic mass is 9.96. The molecular formula is C28H31ClFNO4. The van der Waals surface area contributed by atoms with E-state index in [-0.39, 0.29) is 30.3 Å². The minimum atomic E-state index is -0.364. The summed E-state index contributed by atoms with van der Waals surface area (Å²) >= 11 is 6.62. The molecule has 0 saturated carbocycles. The quantitative estimate of drug-likeness (QED) is 0.353. The SMILES string of the molecule is CCOc1cc(O[C@H]2CCc3c(-c4cccc(OC)c4F)cccc32)c(Cl)cc1CN[C@H](C)CO. The van der Waals surface area contributed by atoms with E-state index in [1.807, 2.05) is 44.2 Å². The van der Waals surface area contributed by atoms with Crippen LogP contribution in [-0.4, -0.2) is 31.5 Å². The smallest absolute Gasteiger partial charge is 0.172 e. The van der Waals surface area contributed by atoms with E-state index in [0.29, 0.717) is 35.2 Å². The third kappa shape index (κ3) is 5.40. The number of benzene rings is 3. The van der Waals surface area contributed by atoms with Crippen molar-refractivity contribution in [3.8, 4) is 28.4 Å². The van der Waals surface area contributed by atoms with Gasteiger partial charge in [0.05, 0.1) is 25.3 Å². The highest BCUT2D eigenvalue weighted by molar-refractivity contribution is 6.32. The van der Waals surface area contributed by atoms with E-state index in [4.69, 9.17) is 25.8 Å². The van der Waals surface area contributed by atoms with Crippen molar-refractivity contribution in [3.05, 3.63) is 76.1 Å². The number of rotatable bonds is 10. The zero-order chi connectivity index (χ0) is 24.9. The summed E-state index contributed by atoms with van der Waals surface area (Å²) in [4.78, 5) is 0. The summed E-state index contributed by atoms with van der Waals surface area (Å²) < 4.78 is 32.4. The summed E-state index contributed by atoms with van der Waals surface area (Å²) in [5.41, 5.74) is 4.37. The zero-order valence-electron chi connectivity index (χ0n) is 20.2. The lowest BCUT2D eigenvalue weighted by Gasteiger charge is -2.20. The highest BCUT2D eigenvalue weighted by Crippen LogP contribution is 2.43. The monoisotopic (exact) mass is 499 g/mol. The Morgan fingerprint density at radius 2 is 1.89 bits per heavy atom. The van der Waals surface area contributed by atoms with Crippen LogP contribution in [0.2, 0.25) is 5.02 Å². The summed E-state index contributed by atoms with van der Waals surface area (Å²) in [6, 6.07) is 14.7. The third-order valence-corrected chi connectivity index (χ3v) is 6.58. The number of hydrogen-bond donors (Lipinski definition) is 2. The van der Waals surface area contributed by atoms with Gasteiger partial charge in [0.25, 0.3) is 0 Å². The Morgan fingerprint density at radius 3 is 2.63 bits per heavy atom. The Morgan fingerprint density at radius 1 is 1.11 bits per heavy atom. The number of aliphatic hydroxyl groups excluding tert-OH is 1. The van der Waals surface area contributed by atoms with Gasteiger partial charge in [-0.15, -0.1) is 0 Å². The van der Waals surface area contributed by atoms with Crippen molar-refractivity contribution < 1.29 is 23.7 Å². The lowest BCUT2D eigenvalue weighted by molar-refractivity contribution is 0.206.